The van der Waals surface area contributed by atoms with Gasteiger partial charge in [-0.3, -0.25) is 4.90 Å². The van der Waals surface area contributed by atoms with Crippen LogP contribution in [0.3, 0.4) is 0 Å². The number of rotatable bonds is 4. The first-order chi connectivity index (χ1) is 13.4. The Morgan fingerprint density at radius 1 is 1.07 bits per heavy atom. The van der Waals surface area contributed by atoms with E-state index in [0.29, 0.717) is 11.8 Å². The van der Waals surface area contributed by atoms with Gasteiger partial charge in [0.05, 0.1) is 12.2 Å². The van der Waals surface area contributed by atoms with Crippen molar-refractivity contribution in [2.45, 2.75) is 38.4 Å². The average Bonchev–Trinajstić information content (AvgIpc) is 3.37. The maximum Gasteiger partial charge on any atom is 0.226 e. The monoisotopic (exact) mass is 364 g/mol. The summed E-state index contributed by atoms with van der Waals surface area (Å²) in [5.74, 6) is 3.47. The topological polar surface area (TPSA) is 72.0 Å². The molecule has 0 amide bonds. The van der Waals surface area contributed by atoms with E-state index in [0.717, 1.165) is 69.2 Å². The summed E-state index contributed by atoms with van der Waals surface area (Å²) in [6.45, 7) is 5.77. The minimum atomic E-state index is 0.512. The first-order valence-corrected chi connectivity index (χ1v) is 9.72. The van der Waals surface area contributed by atoms with Crippen molar-refractivity contribution in [3.63, 3.8) is 0 Å². The van der Waals surface area contributed by atoms with Gasteiger partial charge in [0.15, 0.2) is 0 Å². The van der Waals surface area contributed by atoms with Crippen molar-refractivity contribution in [1.82, 2.24) is 30.0 Å². The zero-order chi connectivity index (χ0) is 18.1. The number of nitrogens with one attached hydrogen (secondary N) is 1. The van der Waals surface area contributed by atoms with Crippen LogP contribution in [-0.4, -0.2) is 44.3 Å². The molecule has 140 valence electrons. The second kappa shape index (κ2) is 7.25. The van der Waals surface area contributed by atoms with Crippen LogP contribution < -0.4 is 5.32 Å². The van der Waals surface area contributed by atoms with Gasteiger partial charge in [-0.2, -0.15) is 0 Å². The molecule has 0 spiro atoms. The zero-order valence-corrected chi connectivity index (χ0v) is 15.3. The second-order valence-electron chi connectivity index (χ2n) is 7.36. The number of likely N-dealkylation sites (tertiary alicyclic amines) is 1. The second-order valence-corrected chi connectivity index (χ2v) is 7.36. The molecule has 1 saturated heterocycles. The average molecular weight is 364 g/mol. The summed E-state index contributed by atoms with van der Waals surface area (Å²) in [6.07, 6.45) is 4.03. The van der Waals surface area contributed by atoms with Gasteiger partial charge in [-0.15, -0.1) is 10.2 Å². The third kappa shape index (κ3) is 3.40. The summed E-state index contributed by atoms with van der Waals surface area (Å²) < 4.78 is 7.99. The van der Waals surface area contributed by atoms with Crippen molar-refractivity contribution in [3.05, 3.63) is 53.9 Å². The van der Waals surface area contributed by atoms with Crippen LogP contribution in [0.5, 0.6) is 0 Å². The Bertz CT molecular complexity index is 894. The molecular formula is C20H24N6O. The van der Waals surface area contributed by atoms with Gasteiger partial charge in [0, 0.05) is 31.1 Å². The highest BCUT2D eigenvalue weighted by molar-refractivity contribution is 5.52. The Morgan fingerprint density at radius 3 is 2.78 bits per heavy atom. The fourth-order valence-corrected chi connectivity index (χ4v) is 4.09. The van der Waals surface area contributed by atoms with Gasteiger partial charge in [0.25, 0.3) is 0 Å². The maximum atomic E-state index is 5.67. The molecule has 2 aliphatic rings. The lowest BCUT2D eigenvalue weighted by Gasteiger charge is -2.31. The number of fused-ring (bicyclic) bond motifs is 1. The number of hydrogen-bond acceptors (Lipinski definition) is 6. The van der Waals surface area contributed by atoms with Crippen LogP contribution in [0, 0.1) is 0 Å². The largest absolute Gasteiger partial charge is 0.444 e. The summed E-state index contributed by atoms with van der Waals surface area (Å²) >= 11 is 0. The highest BCUT2D eigenvalue weighted by Crippen LogP contribution is 2.28. The molecule has 2 aliphatic heterocycles. The molecule has 0 atom stereocenters. The lowest BCUT2D eigenvalue weighted by atomic mass is 9.95. The minimum Gasteiger partial charge on any atom is -0.444 e. The first-order valence-electron chi connectivity index (χ1n) is 9.72. The number of piperidine rings is 1. The molecule has 0 aliphatic carbocycles. The number of nitrogens with zero attached hydrogens (tertiary/aromatic N) is 5. The molecule has 1 fully saturated rings. The van der Waals surface area contributed by atoms with E-state index in [9.17, 15) is 0 Å². The fourth-order valence-electron chi connectivity index (χ4n) is 4.09. The molecule has 0 bridgehead atoms. The van der Waals surface area contributed by atoms with E-state index < -0.39 is 0 Å². The molecule has 27 heavy (non-hydrogen) atoms. The molecule has 7 heteroatoms. The van der Waals surface area contributed by atoms with Crippen LogP contribution in [0.1, 0.15) is 36.1 Å². The van der Waals surface area contributed by atoms with Crippen molar-refractivity contribution in [1.29, 1.82) is 0 Å². The van der Waals surface area contributed by atoms with E-state index in [4.69, 9.17) is 4.42 Å². The van der Waals surface area contributed by atoms with Crippen molar-refractivity contribution < 1.29 is 4.42 Å². The summed E-state index contributed by atoms with van der Waals surface area (Å²) in [6, 6.07) is 10.1. The van der Waals surface area contributed by atoms with Crippen LogP contribution in [0.25, 0.3) is 11.5 Å². The minimum absolute atomic E-state index is 0.512. The van der Waals surface area contributed by atoms with E-state index in [-0.39, 0.29) is 0 Å². The summed E-state index contributed by atoms with van der Waals surface area (Å²) in [5, 5.41) is 12.2. The van der Waals surface area contributed by atoms with Crippen molar-refractivity contribution in [3.8, 4) is 11.5 Å². The van der Waals surface area contributed by atoms with Crippen LogP contribution in [0.15, 0.2) is 41.0 Å². The van der Waals surface area contributed by atoms with E-state index in [2.05, 4.69) is 30.0 Å². The zero-order valence-electron chi connectivity index (χ0n) is 15.3. The first kappa shape index (κ1) is 16.6. The quantitative estimate of drug-likeness (QED) is 0.767. The Hall–Kier alpha value is -2.51. The molecule has 2 aromatic heterocycles. The Labute approximate surface area is 158 Å². The van der Waals surface area contributed by atoms with Crippen molar-refractivity contribution >= 4 is 0 Å². The molecule has 5 rings (SSSR count). The summed E-state index contributed by atoms with van der Waals surface area (Å²) in [4.78, 5) is 7.12. The van der Waals surface area contributed by atoms with Gasteiger partial charge < -0.3 is 14.3 Å². The Morgan fingerprint density at radius 2 is 1.93 bits per heavy atom. The lowest BCUT2D eigenvalue weighted by molar-refractivity contribution is 0.197. The van der Waals surface area contributed by atoms with E-state index >= 15 is 0 Å². The number of oxazole rings is 1. The lowest BCUT2D eigenvalue weighted by Crippen LogP contribution is -2.34. The predicted molar refractivity (Wildman–Crippen MR) is 101 cm³/mol. The number of aromatic nitrogens is 4. The highest BCUT2D eigenvalue weighted by atomic mass is 16.3. The SMILES string of the molecule is c1ccc(-c2nc(CN3CCC(c4nnc5n4CCNC5)CC3)co2)cc1. The van der Waals surface area contributed by atoms with Crippen LogP contribution in [0.2, 0.25) is 0 Å². The molecule has 1 N–H and O–H groups in total. The van der Waals surface area contributed by atoms with Crippen molar-refractivity contribution in [2.24, 2.45) is 0 Å². The fraction of sp³-hybridized carbons (Fsp3) is 0.450. The van der Waals surface area contributed by atoms with E-state index in [1.807, 2.05) is 30.3 Å². The van der Waals surface area contributed by atoms with Gasteiger partial charge in [-0.05, 0) is 38.1 Å². The third-order valence-electron chi connectivity index (χ3n) is 5.56. The number of hydrogen-bond donors (Lipinski definition) is 1. The van der Waals surface area contributed by atoms with Gasteiger partial charge in [0.1, 0.15) is 17.9 Å². The number of benzene rings is 1. The molecule has 7 nitrogen and oxygen atoms in total. The Kier molecular flexibility index (Phi) is 4.47. The van der Waals surface area contributed by atoms with E-state index in [1.165, 1.54) is 5.82 Å². The van der Waals surface area contributed by atoms with Crippen molar-refractivity contribution in [2.75, 3.05) is 19.6 Å². The van der Waals surface area contributed by atoms with Gasteiger partial charge in [-0.25, -0.2) is 4.98 Å². The van der Waals surface area contributed by atoms with Crippen LogP contribution in [0.4, 0.5) is 0 Å². The molecule has 1 aromatic carbocycles. The molecular weight excluding hydrogens is 340 g/mol. The molecule has 0 unspecified atom stereocenters. The van der Waals surface area contributed by atoms with Gasteiger partial charge in [-0.1, -0.05) is 18.2 Å². The molecule has 3 aromatic rings. The Balaban J connectivity index is 1.20. The van der Waals surface area contributed by atoms with Crippen LogP contribution >= 0.6 is 0 Å². The molecule has 0 radical (unpaired) electrons. The molecule has 4 heterocycles. The van der Waals surface area contributed by atoms with E-state index in [1.54, 1.807) is 6.26 Å². The summed E-state index contributed by atoms with van der Waals surface area (Å²) in [7, 11) is 0. The predicted octanol–water partition coefficient (Wildman–Crippen LogP) is 2.42. The third-order valence-corrected chi connectivity index (χ3v) is 5.56. The molecule has 0 saturated carbocycles. The summed E-state index contributed by atoms with van der Waals surface area (Å²) in [5.41, 5.74) is 2.02. The van der Waals surface area contributed by atoms with Gasteiger partial charge >= 0.3 is 0 Å². The van der Waals surface area contributed by atoms with Crippen LogP contribution in [-0.2, 0) is 19.6 Å². The standard InChI is InChI=1S/C20H24N6O/c1-2-4-16(5-3-1)20-22-17(14-27-20)13-25-9-6-15(7-10-25)19-24-23-18-12-21-8-11-26(18)19/h1-5,14-15,21H,6-13H2. The smallest absolute Gasteiger partial charge is 0.226 e. The highest BCUT2D eigenvalue weighted by Gasteiger charge is 2.27. The normalized spacial score (nSPS) is 18.5. The van der Waals surface area contributed by atoms with Gasteiger partial charge in [0.2, 0.25) is 5.89 Å². The maximum absolute atomic E-state index is 5.67.